The van der Waals surface area contributed by atoms with Crippen molar-refractivity contribution in [2.24, 2.45) is 0 Å². The topological polar surface area (TPSA) is 75.6 Å². The minimum absolute atomic E-state index is 0.232. The Kier molecular flexibility index (Phi) is 5.93. The molecule has 0 aliphatic rings. The van der Waals surface area contributed by atoms with E-state index in [1.54, 1.807) is 0 Å². The minimum atomic E-state index is -4.45. The lowest BCUT2D eigenvalue weighted by molar-refractivity contribution is 0.166. The smallest absolute Gasteiger partial charge is 0.262 e. The molecule has 1 aromatic rings. The van der Waals surface area contributed by atoms with E-state index in [4.69, 9.17) is 4.55 Å². The fourth-order valence-electron chi connectivity index (χ4n) is 1.28. The molecule has 2 N–H and O–H groups in total. The second-order valence-electron chi connectivity index (χ2n) is 3.26. The molecule has 0 aliphatic heterocycles. The summed E-state index contributed by atoms with van der Waals surface area (Å²) in [6, 6.07) is 9.61. The molecule has 5 nitrogen and oxygen atoms in total. The van der Waals surface area contributed by atoms with E-state index in [1.807, 2.05) is 37.3 Å². The lowest BCUT2D eigenvalue weighted by Crippen LogP contribution is -2.31. The molecule has 96 valence electrons. The van der Waals surface area contributed by atoms with Gasteiger partial charge in [0.2, 0.25) is 0 Å². The highest BCUT2D eigenvalue weighted by molar-refractivity contribution is 7.99. The highest BCUT2D eigenvalue weighted by atomic mass is 32.3. The van der Waals surface area contributed by atoms with E-state index in [2.05, 4.69) is 9.76 Å². The minimum Gasteiger partial charge on any atom is -0.262 e. The number of thioether (sulfide) groups is 1. The van der Waals surface area contributed by atoms with E-state index in [1.165, 1.54) is 11.8 Å². The lowest BCUT2D eigenvalue weighted by atomic mass is 10.1. The molecule has 0 radical (unpaired) electrons. The summed E-state index contributed by atoms with van der Waals surface area (Å²) < 4.78 is 33.6. The molecular weight excluding hydrogens is 262 g/mol. The quantitative estimate of drug-likeness (QED) is 0.448. The number of nitrogens with one attached hydrogen (secondary N) is 1. The van der Waals surface area contributed by atoms with Crippen LogP contribution in [0.2, 0.25) is 0 Å². The Morgan fingerprint density at radius 1 is 1.41 bits per heavy atom. The standard InChI is InChI=1S/C10H15NO4S2/c1-2-16-10(11-15-17(12,13)14)8-9-6-4-3-5-7-9/h3-7,10-11H,2,8H2,1H3,(H,12,13,14). The van der Waals surface area contributed by atoms with Gasteiger partial charge in [-0.05, 0) is 17.7 Å². The first-order valence-corrected chi connectivity index (χ1v) is 7.49. The fraction of sp³-hybridized carbons (Fsp3) is 0.400. The van der Waals surface area contributed by atoms with Gasteiger partial charge in [-0.25, -0.2) is 0 Å². The average Bonchev–Trinajstić information content (AvgIpc) is 2.27. The molecule has 7 heteroatoms. The summed E-state index contributed by atoms with van der Waals surface area (Å²) in [6.45, 7) is 1.96. The molecule has 0 aliphatic carbocycles. The monoisotopic (exact) mass is 277 g/mol. The first kappa shape index (κ1) is 14.5. The highest BCUT2D eigenvalue weighted by Crippen LogP contribution is 2.14. The Morgan fingerprint density at radius 3 is 2.59 bits per heavy atom. The van der Waals surface area contributed by atoms with Crippen molar-refractivity contribution in [2.45, 2.75) is 18.7 Å². The highest BCUT2D eigenvalue weighted by Gasteiger charge is 2.13. The van der Waals surface area contributed by atoms with Crippen molar-refractivity contribution < 1.29 is 17.3 Å². The van der Waals surface area contributed by atoms with Crippen molar-refractivity contribution in [1.82, 2.24) is 5.48 Å². The third-order valence-corrected chi connectivity index (χ3v) is 3.22. The number of hydrogen-bond donors (Lipinski definition) is 2. The second kappa shape index (κ2) is 6.97. The van der Waals surface area contributed by atoms with Gasteiger partial charge >= 0.3 is 10.4 Å². The van der Waals surface area contributed by atoms with Gasteiger partial charge in [-0.2, -0.15) is 18.2 Å². The zero-order chi connectivity index (χ0) is 12.7. The van der Waals surface area contributed by atoms with Gasteiger partial charge in [0.1, 0.15) is 0 Å². The molecular formula is C10H15NO4S2. The first-order valence-electron chi connectivity index (χ1n) is 5.08. The van der Waals surface area contributed by atoms with E-state index in [-0.39, 0.29) is 5.37 Å². The van der Waals surface area contributed by atoms with Crippen LogP contribution in [0.25, 0.3) is 0 Å². The summed E-state index contributed by atoms with van der Waals surface area (Å²) in [5.74, 6) is 0.805. The zero-order valence-corrected chi connectivity index (χ0v) is 11.0. The van der Waals surface area contributed by atoms with Gasteiger partial charge in [-0.1, -0.05) is 37.3 Å². The van der Waals surface area contributed by atoms with Gasteiger partial charge in [-0.15, -0.1) is 11.8 Å². The third-order valence-electron chi connectivity index (χ3n) is 1.92. The van der Waals surface area contributed by atoms with Crippen molar-refractivity contribution in [3.05, 3.63) is 35.9 Å². The number of benzene rings is 1. The molecule has 1 atom stereocenters. The van der Waals surface area contributed by atoms with Crippen LogP contribution < -0.4 is 5.48 Å². The Balaban J connectivity index is 2.54. The lowest BCUT2D eigenvalue weighted by Gasteiger charge is -2.15. The largest absolute Gasteiger partial charge is 0.413 e. The SMILES string of the molecule is CCSC(Cc1ccccc1)NOS(=O)(=O)O. The molecule has 0 bridgehead atoms. The summed E-state index contributed by atoms with van der Waals surface area (Å²) in [7, 11) is -4.45. The zero-order valence-electron chi connectivity index (χ0n) is 9.37. The predicted octanol–water partition coefficient (Wildman–Crippen LogP) is 1.63. The van der Waals surface area contributed by atoms with Gasteiger partial charge in [0.15, 0.2) is 0 Å². The molecule has 0 heterocycles. The van der Waals surface area contributed by atoms with E-state index in [9.17, 15) is 8.42 Å². The van der Waals surface area contributed by atoms with E-state index in [0.29, 0.717) is 6.42 Å². The van der Waals surface area contributed by atoms with Crippen LogP contribution in [0.1, 0.15) is 12.5 Å². The van der Waals surface area contributed by atoms with Crippen LogP contribution in [-0.2, 0) is 21.1 Å². The van der Waals surface area contributed by atoms with E-state index < -0.39 is 10.4 Å². The van der Waals surface area contributed by atoms with Gasteiger partial charge in [0.25, 0.3) is 0 Å². The van der Waals surface area contributed by atoms with E-state index >= 15 is 0 Å². The molecule has 0 aromatic heterocycles. The molecule has 1 rings (SSSR count). The van der Waals surface area contributed by atoms with Crippen molar-refractivity contribution in [3.63, 3.8) is 0 Å². The summed E-state index contributed by atoms with van der Waals surface area (Å²) in [5, 5.41) is -0.232. The van der Waals surface area contributed by atoms with Gasteiger partial charge in [0, 0.05) is 0 Å². The van der Waals surface area contributed by atoms with Crippen LogP contribution in [0, 0.1) is 0 Å². The van der Waals surface area contributed by atoms with Crippen molar-refractivity contribution >= 4 is 22.2 Å². The molecule has 0 spiro atoms. The van der Waals surface area contributed by atoms with Crippen molar-refractivity contribution in [2.75, 3.05) is 5.75 Å². The van der Waals surface area contributed by atoms with Crippen LogP contribution in [-0.4, -0.2) is 24.1 Å². The Morgan fingerprint density at radius 2 is 2.06 bits per heavy atom. The normalized spacial score (nSPS) is 13.5. The molecule has 0 fully saturated rings. The summed E-state index contributed by atoms with van der Waals surface area (Å²) in [4.78, 5) is 0. The maximum absolute atomic E-state index is 10.5. The fourth-order valence-corrected chi connectivity index (χ4v) is 2.41. The van der Waals surface area contributed by atoms with Crippen LogP contribution in [0.3, 0.4) is 0 Å². The summed E-state index contributed by atoms with van der Waals surface area (Å²) in [6.07, 6.45) is 0.606. The second-order valence-corrected chi connectivity index (χ2v) is 5.76. The first-order chi connectivity index (χ1) is 8.01. The van der Waals surface area contributed by atoms with Gasteiger partial charge < -0.3 is 0 Å². The Labute approximate surface area is 105 Å². The van der Waals surface area contributed by atoms with Crippen molar-refractivity contribution in [1.29, 1.82) is 0 Å². The maximum atomic E-state index is 10.5. The average molecular weight is 277 g/mol. The van der Waals surface area contributed by atoms with Crippen LogP contribution in [0.4, 0.5) is 0 Å². The molecule has 1 aromatic carbocycles. The Hall–Kier alpha value is -0.600. The molecule has 17 heavy (non-hydrogen) atoms. The number of hydrogen-bond acceptors (Lipinski definition) is 5. The predicted molar refractivity (Wildman–Crippen MR) is 67.8 cm³/mol. The molecule has 0 saturated heterocycles. The van der Waals surface area contributed by atoms with Gasteiger partial charge in [-0.3, -0.25) is 4.55 Å². The van der Waals surface area contributed by atoms with Crippen LogP contribution >= 0.6 is 11.8 Å². The maximum Gasteiger partial charge on any atom is 0.413 e. The third kappa shape index (κ3) is 6.64. The van der Waals surface area contributed by atoms with Crippen molar-refractivity contribution in [3.8, 4) is 0 Å². The van der Waals surface area contributed by atoms with E-state index in [0.717, 1.165) is 11.3 Å². The Bertz CT molecular complexity index is 421. The molecule has 0 amide bonds. The van der Waals surface area contributed by atoms with Crippen LogP contribution in [0.15, 0.2) is 30.3 Å². The number of rotatable bonds is 7. The molecule has 0 saturated carbocycles. The van der Waals surface area contributed by atoms with Crippen LogP contribution in [0.5, 0.6) is 0 Å². The number of hydroxylamine groups is 1. The summed E-state index contributed by atoms with van der Waals surface area (Å²) in [5.41, 5.74) is 3.39. The summed E-state index contributed by atoms with van der Waals surface area (Å²) >= 11 is 1.50. The van der Waals surface area contributed by atoms with Gasteiger partial charge in [0.05, 0.1) is 5.37 Å². The molecule has 1 unspecified atom stereocenters.